The highest BCUT2D eigenvalue weighted by molar-refractivity contribution is 6.00. The molecule has 100 valence electrons. The van der Waals surface area contributed by atoms with E-state index < -0.39 is 5.60 Å². The van der Waals surface area contributed by atoms with Crippen LogP contribution in [0.2, 0.25) is 0 Å². The number of carbonyl (C=O) groups is 1. The van der Waals surface area contributed by atoms with Crippen LogP contribution in [0.5, 0.6) is 0 Å². The first-order valence-corrected chi connectivity index (χ1v) is 6.63. The number of ketones is 1. The van der Waals surface area contributed by atoms with Gasteiger partial charge in [0.1, 0.15) is 6.79 Å². The maximum atomic E-state index is 12.5. The Labute approximate surface area is 107 Å². The molecule has 0 unspecified atom stereocenters. The molecule has 0 aromatic heterocycles. The van der Waals surface area contributed by atoms with E-state index in [1.54, 1.807) is 13.2 Å². The van der Waals surface area contributed by atoms with Gasteiger partial charge in [-0.05, 0) is 25.3 Å². The summed E-state index contributed by atoms with van der Waals surface area (Å²) in [5, 5.41) is 0. The Morgan fingerprint density at radius 2 is 2.39 bits per heavy atom. The van der Waals surface area contributed by atoms with E-state index in [-0.39, 0.29) is 30.2 Å². The van der Waals surface area contributed by atoms with E-state index in [2.05, 4.69) is 6.92 Å². The van der Waals surface area contributed by atoms with Crippen molar-refractivity contribution in [2.24, 2.45) is 5.41 Å². The number of rotatable bonds is 3. The molecular formula is C14H20O4. The van der Waals surface area contributed by atoms with Crippen LogP contribution in [0.3, 0.4) is 0 Å². The SMILES string of the molecule is COCO[C@H]1CCC[C@@]2(C)C[C@@H]3C=CC(=O)[C@]12O3. The van der Waals surface area contributed by atoms with Gasteiger partial charge in [0.05, 0.1) is 12.2 Å². The monoisotopic (exact) mass is 252 g/mol. The van der Waals surface area contributed by atoms with E-state index in [1.807, 2.05) is 6.08 Å². The molecule has 4 atom stereocenters. The van der Waals surface area contributed by atoms with Gasteiger partial charge in [0, 0.05) is 12.5 Å². The van der Waals surface area contributed by atoms with Crippen LogP contribution in [0.15, 0.2) is 12.2 Å². The summed E-state index contributed by atoms with van der Waals surface area (Å²) in [6, 6.07) is 0. The van der Waals surface area contributed by atoms with E-state index in [0.29, 0.717) is 0 Å². The van der Waals surface area contributed by atoms with Crippen LogP contribution in [-0.4, -0.2) is 37.5 Å². The molecule has 0 aromatic rings. The summed E-state index contributed by atoms with van der Waals surface area (Å²) in [5.41, 5.74) is -0.877. The van der Waals surface area contributed by atoms with Crippen LogP contribution < -0.4 is 0 Å². The number of carbonyl (C=O) groups excluding carboxylic acids is 1. The number of hydrogen-bond acceptors (Lipinski definition) is 4. The number of hydrogen-bond donors (Lipinski definition) is 0. The summed E-state index contributed by atoms with van der Waals surface area (Å²) >= 11 is 0. The van der Waals surface area contributed by atoms with Gasteiger partial charge >= 0.3 is 0 Å². The van der Waals surface area contributed by atoms with Crippen molar-refractivity contribution in [3.8, 4) is 0 Å². The number of methoxy groups -OCH3 is 1. The van der Waals surface area contributed by atoms with Gasteiger partial charge in [-0.15, -0.1) is 0 Å². The Morgan fingerprint density at radius 1 is 1.56 bits per heavy atom. The van der Waals surface area contributed by atoms with Gasteiger partial charge in [-0.25, -0.2) is 0 Å². The third-order valence-corrected chi connectivity index (χ3v) is 4.75. The van der Waals surface area contributed by atoms with Crippen LogP contribution in [0.4, 0.5) is 0 Å². The van der Waals surface area contributed by atoms with Crippen LogP contribution in [0.25, 0.3) is 0 Å². The molecule has 3 rings (SSSR count). The minimum absolute atomic E-state index is 0.0689. The van der Waals surface area contributed by atoms with Gasteiger partial charge in [0.25, 0.3) is 0 Å². The maximum Gasteiger partial charge on any atom is 0.190 e. The Kier molecular flexibility index (Phi) is 2.84. The Balaban J connectivity index is 1.97. The molecule has 1 saturated heterocycles. The number of ether oxygens (including phenoxy) is 3. The van der Waals surface area contributed by atoms with Crippen molar-refractivity contribution in [3.05, 3.63) is 12.2 Å². The summed E-state index contributed by atoms with van der Waals surface area (Å²) < 4.78 is 16.8. The first-order chi connectivity index (χ1) is 8.62. The predicted molar refractivity (Wildman–Crippen MR) is 65.1 cm³/mol. The van der Waals surface area contributed by atoms with E-state index in [0.717, 1.165) is 25.7 Å². The lowest BCUT2D eigenvalue weighted by atomic mass is 9.61. The molecule has 0 radical (unpaired) electrons. The quantitative estimate of drug-likeness (QED) is 0.719. The second kappa shape index (κ2) is 4.15. The molecule has 1 aliphatic carbocycles. The van der Waals surface area contributed by atoms with Crippen molar-refractivity contribution in [3.63, 3.8) is 0 Å². The molecule has 2 bridgehead atoms. The zero-order valence-electron chi connectivity index (χ0n) is 11.0. The van der Waals surface area contributed by atoms with Crippen molar-refractivity contribution in [1.82, 2.24) is 0 Å². The molecule has 2 heterocycles. The van der Waals surface area contributed by atoms with Crippen LogP contribution in [-0.2, 0) is 19.0 Å². The molecule has 0 N–H and O–H groups in total. The molecule has 2 aliphatic heterocycles. The molecule has 3 aliphatic rings. The fraction of sp³-hybridized carbons (Fsp3) is 0.786. The zero-order valence-corrected chi connectivity index (χ0v) is 11.0. The van der Waals surface area contributed by atoms with E-state index >= 15 is 0 Å². The Hall–Kier alpha value is -0.710. The molecule has 2 fully saturated rings. The van der Waals surface area contributed by atoms with Crippen molar-refractivity contribution >= 4 is 5.78 Å². The molecular weight excluding hydrogens is 232 g/mol. The van der Waals surface area contributed by atoms with Crippen molar-refractivity contribution < 1.29 is 19.0 Å². The molecule has 0 amide bonds. The van der Waals surface area contributed by atoms with Crippen molar-refractivity contribution in [1.29, 1.82) is 0 Å². The molecule has 0 aromatic carbocycles. The summed E-state index contributed by atoms with van der Waals surface area (Å²) in [6.07, 6.45) is 7.36. The van der Waals surface area contributed by atoms with Crippen LogP contribution in [0.1, 0.15) is 32.6 Å². The standard InChI is InChI=1S/C14H20O4/c1-13-7-3-4-12(17-9-16-2)14(13)11(15)6-5-10(8-13)18-14/h5-6,10,12H,3-4,7-9H2,1-2H3/t10-,12-,13-,14-/m0/s1. The zero-order chi connectivity index (χ0) is 12.8. The van der Waals surface area contributed by atoms with Crippen LogP contribution in [0, 0.1) is 5.41 Å². The van der Waals surface area contributed by atoms with Gasteiger partial charge < -0.3 is 14.2 Å². The van der Waals surface area contributed by atoms with Gasteiger partial charge in [-0.3, -0.25) is 4.79 Å². The Morgan fingerprint density at radius 3 is 3.17 bits per heavy atom. The number of fused-ring (bicyclic) bond motifs is 1. The second-order valence-electron chi connectivity index (χ2n) is 5.83. The molecule has 1 saturated carbocycles. The normalized spacial score (nSPS) is 46.2. The van der Waals surface area contributed by atoms with Gasteiger partial charge in [0.2, 0.25) is 0 Å². The average molecular weight is 252 g/mol. The van der Waals surface area contributed by atoms with Crippen molar-refractivity contribution in [2.45, 2.75) is 50.4 Å². The smallest absolute Gasteiger partial charge is 0.190 e. The highest BCUT2D eigenvalue weighted by atomic mass is 16.7. The molecule has 4 heteroatoms. The summed E-state index contributed by atoms with van der Waals surface area (Å²) in [6.45, 7) is 2.38. The first kappa shape index (κ1) is 12.3. The highest BCUT2D eigenvalue weighted by Crippen LogP contribution is 2.58. The molecule has 4 nitrogen and oxygen atoms in total. The predicted octanol–water partition coefficient (Wildman–Crippen LogP) is 1.83. The van der Waals surface area contributed by atoms with Gasteiger partial charge in [-0.2, -0.15) is 0 Å². The lowest BCUT2D eigenvalue weighted by molar-refractivity contribution is -0.210. The summed E-state index contributed by atoms with van der Waals surface area (Å²) in [5.74, 6) is 0.0690. The average Bonchev–Trinajstić information content (AvgIpc) is 2.61. The fourth-order valence-electron chi connectivity index (χ4n) is 3.94. The summed E-state index contributed by atoms with van der Waals surface area (Å²) in [7, 11) is 1.60. The van der Waals surface area contributed by atoms with Crippen LogP contribution >= 0.6 is 0 Å². The minimum Gasteiger partial charge on any atom is -0.359 e. The third kappa shape index (κ3) is 1.46. The van der Waals surface area contributed by atoms with E-state index in [9.17, 15) is 4.79 Å². The van der Waals surface area contributed by atoms with Gasteiger partial charge in [-0.1, -0.05) is 19.4 Å². The van der Waals surface area contributed by atoms with Crippen molar-refractivity contribution in [2.75, 3.05) is 13.9 Å². The van der Waals surface area contributed by atoms with E-state index in [1.165, 1.54) is 0 Å². The largest absolute Gasteiger partial charge is 0.359 e. The maximum absolute atomic E-state index is 12.5. The minimum atomic E-state index is -0.775. The topological polar surface area (TPSA) is 44.8 Å². The third-order valence-electron chi connectivity index (χ3n) is 4.75. The first-order valence-electron chi connectivity index (χ1n) is 6.63. The lowest BCUT2D eigenvalue weighted by Gasteiger charge is -2.49. The highest BCUT2D eigenvalue weighted by Gasteiger charge is 2.67. The second-order valence-corrected chi connectivity index (χ2v) is 5.83. The fourth-order valence-corrected chi connectivity index (χ4v) is 3.94. The molecule has 1 spiro atoms. The van der Waals surface area contributed by atoms with E-state index in [4.69, 9.17) is 14.2 Å². The lowest BCUT2D eigenvalue weighted by Crippen LogP contribution is -2.61. The Bertz CT molecular complexity index is 391. The van der Waals surface area contributed by atoms with Gasteiger partial charge in [0.15, 0.2) is 11.4 Å². The summed E-state index contributed by atoms with van der Waals surface area (Å²) in [4.78, 5) is 12.5. The molecule has 18 heavy (non-hydrogen) atoms.